The second kappa shape index (κ2) is 78.3. The topological polar surface area (TPSA) is 406 Å². The van der Waals surface area contributed by atoms with Crippen LogP contribution in [0, 0.1) is 96.1 Å². The molecule has 4 N–H and O–H groups in total. The molecule has 3 aliphatic heterocycles. The SMILES string of the molecule is C.C.C.C.C.C.C.C.C.C.C.C.C.C.C.C.C.C.CCC(C)(C)C(=O)O.CCC(C)(C)C(=O)OC(C)CC(O)O.CCC(C)(C)C(=O)OC1(C)CCC(=O)O1.CCC(C)(C)C(=O)OC1(CC)CC2CC1C1CCCC21.CCC(C)(C)C(=O)OC1(CC)CC2CCC1C2.CCC(C)(C)C(=O)OC1(CC)CC2CCC1C2.CCC(C)(C)C(=O)OCC1COC(=O)O1.CCC(C)(C)C(=O)OCC1COC(=O)O1.CCC(C)(C)C(=O)OCCO. The first-order chi connectivity index (χ1) is 60.8. The quantitative estimate of drug-likeness (QED) is 0.0264. The molecular formula is C121H252O29. The smallest absolute Gasteiger partial charge is 0.481 e. The Morgan fingerprint density at radius 2 is 0.680 bits per heavy atom. The number of fused-ring (bicyclic) bond motifs is 9. The van der Waals surface area contributed by atoms with Gasteiger partial charge in [0.15, 0.2) is 18.5 Å². The minimum atomic E-state index is -1.43. The van der Waals surface area contributed by atoms with Gasteiger partial charge in [-0.1, -0.05) is 223 Å². The number of aliphatic hydroxyl groups is 3. The van der Waals surface area contributed by atoms with Crippen LogP contribution in [-0.4, -0.2) is 179 Å². The van der Waals surface area contributed by atoms with Crippen LogP contribution in [0.4, 0.5) is 9.59 Å². The first-order valence-corrected chi connectivity index (χ1v) is 49.6. The molecule has 3 saturated heterocycles. The van der Waals surface area contributed by atoms with E-state index in [0.29, 0.717) is 62.7 Å². The molecule has 3 heterocycles. The maximum atomic E-state index is 12.6. The summed E-state index contributed by atoms with van der Waals surface area (Å²) in [6.45, 7) is 61.5. The van der Waals surface area contributed by atoms with Crippen molar-refractivity contribution in [2.75, 3.05) is 39.6 Å². The van der Waals surface area contributed by atoms with Crippen molar-refractivity contribution in [1.82, 2.24) is 0 Å². The first kappa shape index (κ1) is 182. The lowest BCUT2D eigenvalue weighted by atomic mass is 9.71. The number of cyclic esters (lactones) is 5. The molecule has 0 amide bonds. The molecule has 910 valence electrons. The molecule has 0 radical (unpaired) electrons. The standard InChI is InChI=1S/C18H30O2.2C15H26O2.C11H18O4.2C10H16O5.C10H20O4.C8H16O3.C6H12O2.18CH4/c1-5-17(3,4)16(19)20-18(6-2)11-12-10-15(18)14-9-7-8-13(12)14;2*1-5-14(3,4)13(16)17-15(6-2)10-11-7-8-12(15)9-11;1-5-10(2,3)9(13)15-11(4)7-6-8(12)14-11;2*1-4-10(2,3)8(11)13-5-7-6-14-9(12)15-7;1-5-10(3,4)9(13)14-7(2)6-8(11)12;1-4-8(2,3)7(10)11-6-5-9;1-4-6(2,3)5(7)8;;;;;;;;;;;;;;;;;;/h12-15H,5-11H2,1-4H3;2*11-12H,5-10H2,1-4H3;5-7H2,1-4H3;2*7H,4-6H2,1-3H3;7-8,11-12H,5-6H2,1-4H3;9H,4-6H2,1-3H3;4H2,1-3H3,(H,7,8);18*1H4. The van der Waals surface area contributed by atoms with Crippen molar-refractivity contribution in [1.29, 1.82) is 0 Å². The molecule has 15 atom stereocenters. The third-order valence-corrected chi connectivity index (χ3v) is 30.8. The van der Waals surface area contributed by atoms with Gasteiger partial charge < -0.3 is 82.0 Å². The number of carbonyl (C=O) groups excluding carboxylic acids is 11. The predicted molar refractivity (Wildman–Crippen MR) is 621 cm³/mol. The molecule has 10 rings (SSSR count). The van der Waals surface area contributed by atoms with Crippen LogP contribution in [0.25, 0.3) is 0 Å². The molecule has 0 aromatic carbocycles. The van der Waals surface area contributed by atoms with E-state index >= 15 is 0 Å². The van der Waals surface area contributed by atoms with Gasteiger partial charge in [0, 0.05) is 25.7 Å². The van der Waals surface area contributed by atoms with Crippen molar-refractivity contribution in [2.45, 2.75) is 582 Å². The van der Waals surface area contributed by atoms with E-state index in [2.05, 4.69) is 51.0 Å². The summed E-state index contributed by atoms with van der Waals surface area (Å²) in [5.41, 5.74) is -4.35. The Morgan fingerprint density at radius 1 is 0.380 bits per heavy atom. The van der Waals surface area contributed by atoms with E-state index in [1.165, 1.54) is 64.2 Å². The van der Waals surface area contributed by atoms with Crippen LogP contribution < -0.4 is 0 Å². The summed E-state index contributed by atoms with van der Waals surface area (Å²) in [5.74, 6) is 2.74. The molecular weight excluding hydrogens is 1920 g/mol. The number of carboxylic acids is 1. The van der Waals surface area contributed by atoms with Crippen LogP contribution in [0.2, 0.25) is 0 Å². The Hall–Kier alpha value is -6.88. The van der Waals surface area contributed by atoms with E-state index in [-0.39, 0.29) is 267 Å². The Kier molecular flexibility index (Phi) is 94.9. The fourth-order valence-electron chi connectivity index (χ4n) is 16.9. The number of aliphatic carboxylic acids is 1. The minimum Gasteiger partial charge on any atom is -0.481 e. The van der Waals surface area contributed by atoms with E-state index < -0.39 is 81.2 Å². The third-order valence-electron chi connectivity index (χ3n) is 30.8. The van der Waals surface area contributed by atoms with Gasteiger partial charge in [-0.15, -0.1) is 0 Å². The molecule has 7 saturated carbocycles. The van der Waals surface area contributed by atoms with Crippen molar-refractivity contribution in [3.05, 3.63) is 0 Å². The number of ether oxygens (including phenoxy) is 13. The number of rotatable bonds is 34. The van der Waals surface area contributed by atoms with E-state index in [0.717, 1.165) is 93.8 Å². The second-order valence-electron chi connectivity index (χ2n) is 44.2. The van der Waals surface area contributed by atoms with Crippen LogP contribution in [0.15, 0.2) is 0 Å². The fraction of sp³-hybridized carbons (Fsp3) is 0.901. The van der Waals surface area contributed by atoms with Gasteiger partial charge in [-0.3, -0.25) is 47.9 Å². The zero-order valence-electron chi connectivity index (χ0n) is 87.5. The van der Waals surface area contributed by atoms with Gasteiger partial charge in [0.25, 0.3) is 5.79 Å². The number of aliphatic hydroxyl groups excluding tert-OH is 2. The number of hydrogen-bond donors (Lipinski definition) is 4. The van der Waals surface area contributed by atoms with Crippen molar-refractivity contribution in [3.63, 3.8) is 0 Å². The summed E-state index contributed by atoms with van der Waals surface area (Å²) in [5, 5.41) is 34.1. The summed E-state index contributed by atoms with van der Waals surface area (Å²) in [7, 11) is 0. The van der Waals surface area contributed by atoms with E-state index in [4.69, 9.17) is 72.5 Å². The Bertz CT molecular complexity index is 3570. The number of esters is 9. The van der Waals surface area contributed by atoms with Crippen molar-refractivity contribution >= 4 is 72.0 Å². The van der Waals surface area contributed by atoms with Gasteiger partial charge in [-0.05, 0) is 327 Å². The van der Waals surface area contributed by atoms with Gasteiger partial charge in [-0.2, -0.15) is 0 Å². The third kappa shape index (κ3) is 53.7. The summed E-state index contributed by atoms with van der Waals surface area (Å²) >= 11 is 0. The predicted octanol–water partition coefficient (Wildman–Crippen LogP) is 32.4. The summed E-state index contributed by atoms with van der Waals surface area (Å²) < 4.78 is 66.9. The Labute approximate surface area is 924 Å². The van der Waals surface area contributed by atoms with Crippen LogP contribution in [0.1, 0.15) is 535 Å². The average molecular weight is 2170 g/mol. The normalized spacial score (nSPS) is 23.5. The molecule has 29 nitrogen and oxygen atoms in total. The molecule has 0 aromatic heterocycles. The molecule has 29 heteroatoms. The average Bonchev–Trinajstić information content (AvgIpc) is 1.55. The summed E-state index contributed by atoms with van der Waals surface area (Å²) in [6, 6.07) is 0. The molecule has 6 bridgehead atoms. The highest BCUT2D eigenvalue weighted by atomic mass is 16.8. The van der Waals surface area contributed by atoms with Crippen molar-refractivity contribution < 1.29 is 140 Å². The van der Waals surface area contributed by atoms with Gasteiger partial charge in [0.2, 0.25) is 0 Å². The highest BCUT2D eigenvalue weighted by molar-refractivity contribution is 5.80. The van der Waals surface area contributed by atoms with E-state index in [1.807, 2.05) is 138 Å². The zero-order chi connectivity index (χ0) is 102. The molecule has 10 aliphatic rings. The highest BCUT2D eigenvalue weighted by Gasteiger charge is 2.63. The highest BCUT2D eigenvalue weighted by Crippen LogP contribution is 2.65. The Morgan fingerprint density at radius 3 is 0.933 bits per heavy atom. The van der Waals surface area contributed by atoms with Gasteiger partial charge in [-0.25, -0.2) is 9.59 Å². The molecule has 7 aliphatic carbocycles. The van der Waals surface area contributed by atoms with Gasteiger partial charge in [0.1, 0.15) is 55.9 Å². The summed E-state index contributed by atoms with van der Waals surface area (Å²) in [6.07, 6.45) is 23.0. The maximum absolute atomic E-state index is 12.6. The van der Waals surface area contributed by atoms with E-state index in [9.17, 15) is 57.5 Å². The lowest BCUT2D eigenvalue weighted by molar-refractivity contribution is -0.215. The van der Waals surface area contributed by atoms with Crippen LogP contribution in [0.3, 0.4) is 0 Å². The molecule has 10 fully saturated rings. The molecule has 0 spiro atoms. The lowest BCUT2D eigenvalue weighted by Gasteiger charge is -2.43. The van der Waals surface area contributed by atoms with Gasteiger partial charge >= 0.3 is 72.0 Å². The zero-order valence-corrected chi connectivity index (χ0v) is 87.5. The lowest BCUT2D eigenvalue weighted by Crippen LogP contribution is -2.47. The number of carboxylic acid groups (broad SMARTS) is 1. The minimum absolute atomic E-state index is 0. The second-order valence-corrected chi connectivity index (χ2v) is 44.2. The Balaban J connectivity index is -0.0000000878. The summed E-state index contributed by atoms with van der Waals surface area (Å²) in [4.78, 5) is 137. The molecule has 0 aromatic rings. The van der Waals surface area contributed by atoms with E-state index in [1.54, 1.807) is 41.5 Å². The number of hydrogen-bond acceptors (Lipinski definition) is 28. The fourth-order valence-corrected chi connectivity index (χ4v) is 16.9. The van der Waals surface area contributed by atoms with Crippen molar-refractivity contribution in [2.24, 2.45) is 96.1 Å². The first-order valence-electron chi connectivity index (χ1n) is 49.6. The molecule has 15 unspecified atom stereocenters. The molecule has 150 heavy (non-hydrogen) atoms. The van der Waals surface area contributed by atoms with Crippen LogP contribution >= 0.6 is 0 Å². The maximum Gasteiger partial charge on any atom is 0.508 e. The van der Waals surface area contributed by atoms with Crippen LogP contribution in [0.5, 0.6) is 0 Å². The largest absolute Gasteiger partial charge is 0.508 e. The number of carbonyl (C=O) groups is 12. The monoisotopic (exact) mass is 2170 g/mol. The van der Waals surface area contributed by atoms with Crippen LogP contribution in [-0.2, 0) is 110 Å². The van der Waals surface area contributed by atoms with Crippen molar-refractivity contribution in [3.8, 4) is 0 Å². The van der Waals surface area contributed by atoms with Gasteiger partial charge in [0.05, 0.1) is 61.8 Å².